The van der Waals surface area contributed by atoms with Gasteiger partial charge in [0.25, 0.3) is 0 Å². The number of amides is 1. The summed E-state index contributed by atoms with van der Waals surface area (Å²) < 4.78 is 1.85. The molecule has 0 spiro atoms. The van der Waals surface area contributed by atoms with E-state index in [4.69, 9.17) is 6.42 Å². The molecule has 0 unspecified atom stereocenters. The van der Waals surface area contributed by atoms with Crippen LogP contribution in [0, 0.1) is 18.3 Å². The topological polar surface area (TPSA) is 70.4 Å². The minimum Gasteiger partial charge on any atom is -0.385 e. The van der Waals surface area contributed by atoms with Crippen molar-refractivity contribution in [3.05, 3.63) is 18.2 Å². The minimum absolute atomic E-state index is 0.0407. The molecule has 0 bridgehead atoms. The number of imidazole rings is 1. The smallest absolute Gasteiger partial charge is 0.237 e. The Morgan fingerprint density at radius 2 is 2.27 bits per heavy atom. The van der Waals surface area contributed by atoms with Crippen molar-refractivity contribution >= 4 is 5.91 Å². The van der Waals surface area contributed by atoms with Gasteiger partial charge in [-0.15, -0.1) is 6.42 Å². The predicted octanol–water partition coefficient (Wildman–Crippen LogP) is 0.303. The van der Waals surface area contributed by atoms with Gasteiger partial charge in [0.1, 0.15) is 11.9 Å². The van der Waals surface area contributed by atoms with Crippen LogP contribution >= 0.6 is 0 Å². The second-order valence-electron chi connectivity index (χ2n) is 5.81. The largest absolute Gasteiger partial charge is 0.385 e. The fourth-order valence-electron chi connectivity index (χ4n) is 2.95. The molecule has 2 atom stereocenters. The second kappa shape index (κ2) is 7.43. The normalized spacial score (nSPS) is 19.4. The van der Waals surface area contributed by atoms with Gasteiger partial charge in [-0.2, -0.15) is 0 Å². The van der Waals surface area contributed by atoms with Crippen LogP contribution in [0.1, 0.15) is 31.7 Å². The van der Waals surface area contributed by atoms with Gasteiger partial charge in [-0.3, -0.25) is 9.69 Å². The van der Waals surface area contributed by atoms with E-state index >= 15 is 0 Å². The summed E-state index contributed by atoms with van der Waals surface area (Å²) in [7, 11) is 1.89. The second-order valence-corrected chi connectivity index (χ2v) is 5.81. The maximum absolute atomic E-state index is 11.9. The fraction of sp³-hybridized carbons (Fsp3) is 0.625. The molecule has 1 aliphatic heterocycles. The van der Waals surface area contributed by atoms with Gasteiger partial charge >= 0.3 is 0 Å². The number of aromatic nitrogens is 2. The Hall–Kier alpha value is -1.84. The molecule has 22 heavy (non-hydrogen) atoms. The predicted molar refractivity (Wildman–Crippen MR) is 83.8 cm³/mol. The van der Waals surface area contributed by atoms with Gasteiger partial charge in [0, 0.05) is 19.4 Å². The lowest BCUT2D eigenvalue weighted by Crippen LogP contribution is -2.48. The molecular weight excluding hydrogens is 280 g/mol. The highest BCUT2D eigenvalue weighted by atomic mass is 16.3. The number of hydrogen-bond acceptors (Lipinski definition) is 4. The number of nitrogens with one attached hydrogen (secondary N) is 1. The Balaban J connectivity index is 1.86. The number of terminal acetylenes is 1. The first-order valence-corrected chi connectivity index (χ1v) is 7.65. The van der Waals surface area contributed by atoms with Crippen molar-refractivity contribution in [1.82, 2.24) is 19.8 Å². The molecule has 1 fully saturated rings. The number of carbonyl (C=O) groups excluding carboxylic acids is 1. The molecule has 1 aromatic heterocycles. The molecule has 6 heteroatoms. The van der Waals surface area contributed by atoms with Crippen LogP contribution in [0.15, 0.2) is 12.4 Å². The lowest BCUT2D eigenvalue weighted by Gasteiger charge is -2.36. The number of hydrogen-bond donors (Lipinski definition) is 2. The highest BCUT2D eigenvalue weighted by molar-refractivity contribution is 5.81. The van der Waals surface area contributed by atoms with E-state index in [1.807, 2.05) is 24.7 Å². The summed E-state index contributed by atoms with van der Waals surface area (Å²) in [5.41, 5.74) is 0. The number of nitrogens with zero attached hydrogens (tertiary/aromatic N) is 3. The molecule has 0 aromatic carbocycles. The maximum atomic E-state index is 11.9. The Morgan fingerprint density at radius 1 is 1.59 bits per heavy atom. The summed E-state index contributed by atoms with van der Waals surface area (Å²) in [6.45, 7) is 3.73. The van der Waals surface area contributed by atoms with E-state index < -0.39 is 6.10 Å². The zero-order chi connectivity index (χ0) is 16.1. The maximum Gasteiger partial charge on any atom is 0.237 e. The van der Waals surface area contributed by atoms with E-state index in [0.717, 1.165) is 25.9 Å². The van der Waals surface area contributed by atoms with Crippen LogP contribution in [0.25, 0.3) is 0 Å². The quantitative estimate of drug-likeness (QED) is 0.768. The number of aryl methyl sites for hydroxylation is 1. The number of piperidine rings is 1. The Morgan fingerprint density at radius 3 is 2.82 bits per heavy atom. The standard InChI is InChI=1S/C16H24N4O2/c1-4-7-18-16(22)12(2)20-9-5-13(6-10-20)14(21)15-17-8-11-19(15)3/h1,8,11-14,21H,5-7,9-10H2,2-3H3,(H,18,22)/t12-,14+/m1/s1. The fourth-order valence-corrected chi connectivity index (χ4v) is 2.95. The van der Waals surface area contributed by atoms with Crippen LogP contribution in [0.4, 0.5) is 0 Å². The molecule has 120 valence electrons. The molecule has 1 aliphatic rings. The summed E-state index contributed by atoms with van der Waals surface area (Å²) >= 11 is 0. The van der Waals surface area contributed by atoms with Crippen LogP contribution < -0.4 is 5.32 Å². The van der Waals surface area contributed by atoms with Crippen molar-refractivity contribution < 1.29 is 9.90 Å². The average molecular weight is 304 g/mol. The van der Waals surface area contributed by atoms with Crippen molar-refractivity contribution in [3.8, 4) is 12.3 Å². The zero-order valence-corrected chi connectivity index (χ0v) is 13.2. The first-order valence-electron chi connectivity index (χ1n) is 7.65. The van der Waals surface area contributed by atoms with Crippen molar-refractivity contribution in [3.63, 3.8) is 0 Å². The highest BCUT2D eigenvalue weighted by Crippen LogP contribution is 2.30. The van der Waals surface area contributed by atoms with E-state index in [-0.39, 0.29) is 24.4 Å². The van der Waals surface area contributed by atoms with E-state index in [0.29, 0.717) is 5.82 Å². The number of likely N-dealkylation sites (tertiary alicyclic amines) is 1. The number of aliphatic hydroxyl groups is 1. The lowest BCUT2D eigenvalue weighted by molar-refractivity contribution is -0.126. The van der Waals surface area contributed by atoms with Gasteiger partial charge in [-0.1, -0.05) is 5.92 Å². The van der Waals surface area contributed by atoms with Crippen molar-refractivity contribution in [2.75, 3.05) is 19.6 Å². The molecule has 2 N–H and O–H groups in total. The van der Waals surface area contributed by atoms with Gasteiger partial charge in [0.05, 0.1) is 12.6 Å². The third-order valence-corrected chi connectivity index (χ3v) is 4.44. The van der Waals surface area contributed by atoms with Gasteiger partial charge in [0.15, 0.2) is 0 Å². The summed E-state index contributed by atoms with van der Waals surface area (Å²) in [4.78, 5) is 18.3. The van der Waals surface area contributed by atoms with Crippen molar-refractivity contribution in [1.29, 1.82) is 0 Å². The van der Waals surface area contributed by atoms with Gasteiger partial charge in [0.2, 0.25) is 5.91 Å². The van der Waals surface area contributed by atoms with Gasteiger partial charge in [-0.05, 0) is 38.8 Å². The minimum atomic E-state index is -0.548. The Labute approximate surface area is 131 Å². The van der Waals surface area contributed by atoms with E-state index in [9.17, 15) is 9.90 Å². The van der Waals surface area contributed by atoms with Gasteiger partial charge in [-0.25, -0.2) is 4.98 Å². The van der Waals surface area contributed by atoms with Gasteiger partial charge < -0.3 is 15.0 Å². The third kappa shape index (κ3) is 3.67. The summed E-state index contributed by atoms with van der Waals surface area (Å²) in [6.07, 6.45) is 9.84. The SMILES string of the molecule is C#CCNC(=O)[C@@H](C)N1CCC([C@H](O)c2nccn2C)CC1. The van der Waals surface area contributed by atoms with Crippen LogP contribution in [-0.2, 0) is 11.8 Å². The van der Waals surface area contributed by atoms with E-state index in [2.05, 4.69) is 21.1 Å². The molecule has 2 heterocycles. The van der Waals surface area contributed by atoms with E-state index in [1.54, 1.807) is 6.20 Å². The average Bonchev–Trinajstić information content (AvgIpc) is 2.97. The number of aliphatic hydroxyl groups excluding tert-OH is 1. The highest BCUT2D eigenvalue weighted by Gasteiger charge is 2.31. The molecule has 0 aliphatic carbocycles. The molecule has 0 radical (unpaired) electrons. The van der Waals surface area contributed by atoms with Crippen molar-refractivity contribution in [2.24, 2.45) is 13.0 Å². The van der Waals surface area contributed by atoms with Crippen LogP contribution in [-0.4, -0.2) is 51.1 Å². The van der Waals surface area contributed by atoms with Crippen molar-refractivity contribution in [2.45, 2.75) is 31.9 Å². The van der Waals surface area contributed by atoms with Crippen LogP contribution in [0.2, 0.25) is 0 Å². The molecule has 6 nitrogen and oxygen atoms in total. The molecule has 0 saturated carbocycles. The van der Waals surface area contributed by atoms with E-state index in [1.165, 1.54) is 0 Å². The summed E-state index contributed by atoms with van der Waals surface area (Å²) in [5, 5.41) is 13.2. The monoisotopic (exact) mass is 304 g/mol. The third-order valence-electron chi connectivity index (χ3n) is 4.44. The zero-order valence-electron chi connectivity index (χ0n) is 13.2. The molecule has 2 rings (SSSR count). The number of rotatable bonds is 5. The molecule has 1 aromatic rings. The Kier molecular flexibility index (Phi) is 5.58. The Bertz CT molecular complexity index is 541. The first kappa shape index (κ1) is 16.5. The molecule has 1 amide bonds. The summed E-state index contributed by atoms with van der Waals surface area (Å²) in [5.74, 6) is 3.25. The van der Waals surface area contributed by atoms with Crippen LogP contribution in [0.3, 0.4) is 0 Å². The molecular formula is C16H24N4O2. The lowest BCUT2D eigenvalue weighted by atomic mass is 9.90. The molecule has 1 saturated heterocycles. The van der Waals surface area contributed by atoms with Crippen LogP contribution in [0.5, 0.6) is 0 Å². The summed E-state index contributed by atoms with van der Waals surface area (Å²) in [6, 6.07) is -0.195. The number of carbonyl (C=O) groups is 1. The first-order chi connectivity index (χ1) is 10.5.